The molecule has 0 aliphatic carbocycles. The molecule has 0 N–H and O–H groups in total. The van der Waals surface area contributed by atoms with E-state index in [1.165, 1.54) is 6.07 Å². The van der Waals surface area contributed by atoms with E-state index in [4.69, 9.17) is 11.6 Å². The van der Waals surface area contributed by atoms with Crippen LogP contribution >= 0.6 is 23.4 Å². The number of thioether (sulfide) groups is 1. The molecule has 0 amide bonds. The molecule has 0 aromatic heterocycles. The van der Waals surface area contributed by atoms with Crippen molar-refractivity contribution in [3.8, 4) is 6.07 Å². The van der Waals surface area contributed by atoms with Crippen LogP contribution in [0.3, 0.4) is 0 Å². The standard InChI is InChI=1S/C12H11ClN2O2S/c13-10-3-1-4-11(15(16)17)9(10)7-12(8-14)5-2-6-18-12/h1,3-4H,2,5-7H2. The first kappa shape index (κ1) is 13.2. The van der Waals surface area contributed by atoms with E-state index in [2.05, 4.69) is 6.07 Å². The molecule has 0 saturated carbocycles. The quantitative estimate of drug-likeness (QED) is 0.628. The van der Waals surface area contributed by atoms with Gasteiger partial charge in [0.25, 0.3) is 5.69 Å². The van der Waals surface area contributed by atoms with E-state index < -0.39 is 9.67 Å². The van der Waals surface area contributed by atoms with Crippen molar-refractivity contribution < 1.29 is 4.92 Å². The van der Waals surface area contributed by atoms with E-state index in [1.807, 2.05) is 0 Å². The summed E-state index contributed by atoms with van der Waals surface area (Å²) >= 11 is 7.62. The van der Waals surface area contributed by atoms with Gasteiger partial charge in [0.15, 0.2) is 0 Å². The Morgan fingerprint density at radius 1 is 1.61 bits per heavy atom. The van der Waals surface area contributed by atoms with Crippen LogP contribution < -0.4 is 0 Å². The number of nitriles is 1. The molecule has 1 aromatic carbocycles. The van der Waals surface area contributed by atoms with Gasteiger partial charge in [-0.05, 0) is 24.7 Å². The van der Waals surface area contributed by atoms with Crippen molar-refractivity contribution in [2.75, 3.05) is 5.75 Å². The van der Waals surface area contributed by atoms with Crippen molar-refractivity contribution in [2.24, 2.45) is 0 Å². The van der Waals surface area contributed by atoms with Crippen LogP contribution in [0.4, 0.5) is 5.69 Å². The molecule has 1 heterocycles. The number of halogens is 1. The van der Waals surface area contributed by atoms with E-state index >= 15 is 0 Å². The van der Waals surface area contributed by atoms with Crippen molar-refractivity contribution in [3.63, 3.8) is 0 Å². The molecule has 0 bridgehead atoms. The normalized spacial score (nSPS) is 22.7. The van der Waals surface area contributed by atoms with Crippen LogP contribution in [0.1, 0.15) is 18.4 Å². The molecule has 2 rings (SSSR count). The molecule has 1 atom stereocenters. The highest BCUT2D eigenvalue weighted by Gasteiger charge is 2.37. The number of hydrogen-bond donors (Lipinski definition) is 0. The molecule has 1 aliphatic rings. The number of nitro groups is 1. The molecular formula is C12H11ClN2O2S. The summed E-state index contributed by atoms with van der Waals surface area (Å²) in [5.74, 6) is 0.922. The fraction of sp³-hybridized carbons (Fsp3) is 0.417. The molecule has 6 heteroatoms. The predicted molar refractivity (Wildman–Crippen MR) is 71.8 cm³/mol. The van der Waals surface area contributed by atoms with Crippen molar-refractivity contribution in [1.82, 2.24) is 0 Å². The van der Waals surface area contributed by atoms with Crippen LogP contribution in [0.25, 0.3) is 0 Å². The summed E-state index contributed by atoms with van der Waals surface area (Å²) in [5, 5.41) is 20.7. The molecule has 0 radical (unpaired) electrons. The number of nitrogens with zero attached hydrogens (tertiary/aromatic N) is 2. The van der Waals surface area contributed by atoms with Crippen LogP contribution in [-0.4, -0.2) is 15.4 Å². The maximum atomic E-state index is 11.0. The van der Waals surface area contributed by atoms with Gasteiger partial charge >= 0.3 is 0 Å². The van der Waals surface area contributed by atoms with E-state index in [0.29, 0.717) is 17.0 Å². The summed E-state index contributed by atoms with van der Waals surface area (Å²) in [7, 11) is 0. The second-order valence-electron chi connectivity index (χ2n) is 4.23. The third kappa shape index (κ3) is 2.45. The maximum Gasteiger partial charge on any atom is 0.274 e. The molecule has 1 saturated heterocycles. The van der Waals surface area contributed by atoms with E-state index in [0.717, 1.165) is 18.6 Å². The first-order valence-corrected chi connectivity index (χ1v) is 6.91. The van der Waals surface area contributed by atoms with E-state index in [1.54, 1.807) is 23.9 Å². The Bertz CT molecular complexity index is 521. The predicted octanol–water partition coefficient (Wildman–Crippen LogP) is 3.58. The average Bonchev–Trinajstić information content (AvgIpc) is 2.81. The Balaban J connectivity index is 2.39. The summed E-state index contributed by atoms with van der Waals surface area (Å²) in [5.41, 5.74) is 0.477. The smallest absolute Gasteiger partial charge is 0.258 e. The fourth-order valence-corrected chi connectivity index (χ4v) is 3.66. The third-order valence-corrected chi connectivity index (χ3v) is 4.90. The van der Waals surface area contributed by atoms with Crippen molar-refractivity contribution >= 4 is 29.1 Å². The molecule has 1 fully saturated rings. The van der Waals surface area contributed by atoms with Crippen LogP contribution in [0.2, 0.25) is 5.02 Å². The van der Waals surface area contributed by atoms with Gasteiger partial charge in [-0.3, -0.25) is 10.1 Å². The first-order chi connectivity index (χ1) is 8.58. The third-order valence-electron chi connectivity index (χ3n) is 3.06. The number of benzene rings is 1. The Morgan fingerprint density at radius 3 is 2.94 bits per heavy atom. The molecule has 1 unspecified atom stereocenters. The highest BCUT2D eigenvalue weighted by atomic mass is 35.5. The van der Waals surface area contributed by atoms with Gasteiger partial charge in [0.05, 0.1) is 21.6 Å². The highest BCUT2D eigenvalue weighted by Crippen LogP contribution is 2.43. The van der Waals surface area contributed by atoms with Crippen LogP contribution in [0.5, 0.6) is 0 Å². The lowest BCUT2D eigenvalue weighted by molar-refractivity contribution is -0.385. The SMILES string of the molecule is N#CC1(Cc2c(Cl)cccc2[N+](=O)[O-])CCCS1. The second kappa shape index (κ2) is 5.17. The van der Waals surface area contributed by atoms with Crippen molar-refractivity contribution in [2.45, 2.75) is 24.0 Å². The van der Waals surface area contributed by atoms with Crippen molar-refractivity contribution in [3.05, 3.63) is 38.9 Å². The zero-order chi connectivity index (χ0) is 13.2. The van der Waals surface area contributed by atoms with Crippen LogP contribution in [0.15, 0.2) is 18.2 Å². The van der Waals surface area contributed by atoms with Gasteiger partial charge in [-0.2, -0.15) is 5.26 Å². The first-order valence-electron chi connectivity index (χ1n) is 5.55. The molecule has 18 heavy (non-hydrogen) atoms. The molecule has 1 aliphatic heterocycles. The second-order valence-corrected chi connectivity index (χ2v) is 6.12. The summed E-state index contributed by atoms with van der Waals surface area (Å²) in [6.45, 7) is 0. The molecule has 94 valence electrons. The maximum absolute atomic E-state index is 11.0. The van der Waals surface area contributed by atoms with Gasteiger partial charge in [-0.15, -0.1) is 11.8 Å². The topological polar surface area (TPSA) is 66.9 Å². The number of hydrogen-bond acceptors (Lipinski definition) is 4. The Morgan fingerprint density at radius 2 is 2.39 bits per heavy atom. The minimum Gasteiger partial charge on any atom is -0.258 e. The highest BCUT2D eigenvalue weighted by molar-refractivity contribution is 8.01. The van der Waals surface area contributed by atoms with Crippen molar-refractivity contribution in [1.29, 1.82) is 5.26 Å². The van der Waals surface area contributed by atoms with Gasteiger partial charge in [-0.1, -0.05) is 17.7 Å². The number of nitro benzene ring substituents is 1. The van der Waals surface area contributed by atoms with Crippen LogP contribution in [0, 0.1) is 21.4 Å². The lowest BCUT2D eigenvalue weighted by Crippen LogP contribution is -2.22. The van der Waals surface area contributed by atoms with Gasteiger partial charge in [0.2, 0.25) is 0 Å². The summed E-state index contributed by atoms with van der Waals surface area (Å²) < 4.78 is -0.560. The van der Waals surface area contributed by atoms with Gasteiger partial charge in [0, 0.05) is 12.5 Å². The summed E-state index contributed by atoms with van der Waals surface area (Å²) in [6, 6.07) is 6.93. The molecule has 0 spiro atoms. The monoisotopic (exact) mass is 282 g/mol. The van der Waals surface area contributed by atoms with Gasteiger partial charge < -0.3 is 0 Å². The lowest BCUT2D eigenvalue weighted by Gasteiger charge is -2.19. The largest absolute Gasteiger partial charge is 0.274 e. The zero-order valence-corrected chi connectivity index (χ0v) is 11.1. The van der Waals surface area contributed by atoms with Gasteiger partial charge in [-0.25, -0.2) is 0 Å². The van der Waals surface area contributed by atoms with Crippen LogP contribution in [-0.2, 0) is 6.42 Å². The van der Waals surface area contributed by atoms with Gasteiger partial charge in [0.1, 0.15) is 4.75 Å². The average molecular weight is 283 g/mol. The minimum absolute atomic E-state index is 0.00428. The van der Waals surface area contributed by atoms with E-state index in [9.17, 15) is 15.4 Å². The molecular weight excluding hydrogens is 272 g/mol. The summed E-state index contributed by atoms with van der Waals surface area (Å²) in [6.07, 6.45) is 2.07. The summed E-state index contributed by atoms with van der Waals surface area (Å²) in [4.78, 5) is 10.6. The Kier molecular flexibility index (Phi) is 3.79. The zero-order valence-electron chi connectivity index (χ0n) is 9.56. The lowest BCUT2D eigenvalue weighted by atomic mass is 9.94. The Labute approximate surface area is 114 Å². The molecule has 4 nitrogen and oxygen atoms in total. The van der Waals surface area contributed by atoms with E-state index in [-0.39, 0.29) is 5.69 Å². The fourth-order valence-electron chi connectivity index (χ4n) is 2.14. The minimum atomic E-state index is -0.560. The number of rotatable bonds is 3. The Hall–Kier alpha value is -1.25. The molecule has 1 aromatic rings.